The van der Waals surface area contributed by atoms with E-state index in [0.717, 1.165) is 0 Å². The predicted octanol–water partition coefficient (Wildman–Crippen LogP) is 2.38. The van der Waals surface area contributed by atoms with E-state index < -0.39 is 18.1 Å². The van der Waals surface area contributed by atoms with Gasteiger partial charge in [0.1, 0.15) is 12.4 Å². The smallest absolute Gasteiger partial charge is 0.414 e. The number of alkyl halides is 3. The molecule has 1 atom stereocenters. The van der Waals surface area contributed by atoms with Gasteiger partial charge in [0.2, 0.25) is 5.91 Å². The van der Waals surface area contributed by atoms with E-state index in [1.807, 2.05) is 5.32 Å². The summed E-state index contributed by atoms with van der Waals surface area (Å²) in [4.78, 5) is 15.7. The lowest BCUT2D eigenvalue weighted by Crippen LogP contribution is -2.39. The van der Waals surface area contributed by atoms with Crippen molar-refractivity contribution in [1.82, 2.24) is 10.3 Å². The average molecular weight is 353 g/mol. The zero-order valence-electron chi connectivity index (χ0n) is 13.3. The van der Waals surface area contributed by atoms with Gasteiger partial charge in [-0.15, -0.1) is 0 Å². The maximum Gasteiger partial charge on any atom is 0.414 e. The number of amides is 1. The highest BCUT2D eigenvalue weighted by atomic mass is 19.4. The van der Waals surface area contributed by atoms with Crippen LogP contribution in [0.5, 0.6) is 5.75 Å². The van der Waals surface area contributed by atoms with Crippen molar-refractivity contribution >= 4 is 5.91 Å². The number of ether oxygens (including phenoxy) is 1. The highest BCUT2D eigenvalue weighted by Gasteiger charge is 2.42. The summed E-state index contributed by atoms with van der Waals surface area (Å²) in [6, 6.07) is 8.54. The summed E-state index contributed by atoms with van der Waals surface area (Å²) in [7, 11) is 0. The first-order valence-electron chi connectivity index (χ1n) is 7.59. The van der Waals surface area contributed by atoms with E-state index in [9.17, 15) is 18.0 Å². The van der Waals surface area contributed by atoms with Crippen LogP contribution in [0.4, 0.5) is 13.2 Å². The third-order valence-electron chi connectivity index (χ3n) is 3.29. The minimum atomic E-state index is -4.63. The van der Waals surface area contributed by atoms with E-state index in [2.05, 4.69) is 4.98 Å². The lowest BCUT2D eigenvalue weighted by Gasteiger charge is -2.21. The van der Waals surface area contributed by atoms with Crippen molar-refractivity contribution in [3.8, 4) is 5.75 Å². The second kappa shape index (κ2) is 8.48. The van der Waals surface area contributed by atoms with Crippen molar-refractivity contribution in [3.63, 3.8) is 0 Å². The normalized spacial score (nSPS) is 12.5. The molecule has 3 N–H and O–H groups in total. The molecule has 0 saturated heterocycles. The molecule has 0 aliphatic heterocycles. The van der Waals surface area contributed by atoms with Gasteiger partial charge in [-0.25, -0.2) is 0 Å². The van der Waals surface area contributed by atoms with Crippen molar-refractivity contribution in [2.24, 2.45) is 5.73 Å². The average Bonchev–Trinajstić information content (AvgIpc) is 2.59. The Bertz CT molecular complexity index is 676. The van der Waals surface area contributed by atoms with Crippen molar-refractivity contribution in [3.05, 3.63) is 59.9 Å². The van der Waals surface area contributed by atoms with Gasteiger partial charge in [0, 0.05) is 12.7 Å². The van der Waals surface area contributed by atoms with Gasteiger partial charge in [-0.2, -0.15) is 13.2 Å². The minimum absolute atomic E-state index is 0.184. The summed E-state index contributed by atoms with van der Waals surface area (Å²) < 4.78 is 44.9. The monoisotopic (exact) mass is 353 g/mol. The number of hydrogen-bond acceptors (Lipinski definition) is 4. The van der Waals surface area contributed by atoms with Gasteiger partial charge in [0.05, 0.1) is 12.1 Å². The van der Waals surface area contributed by atoms with Crippen LogP contribution in [0, 0.1) is 0 Å². The quantitative estimate of drug-likeness (QED) is 0.801. The number of carbonyl (C=O) groups excluding carboxylic acids is 1. The Morgan fingerprint density at radius 2 is 1.92 bits per heavy atom. The number of nitrogens with two attached hydrogens (primary N) is 1. The Hall–Kier alpha value is -2.61. The maximum atomic E-state index is 13.2. The Kier molecular flexibility index (Phi) is 6.35. The fraction of sp³-hybridized carbons (Fsp3) is 0.294. The lowest BCUT2D eigenvalue weighted by atomic mass is 10.1. The summed E-state index contributed by atoms with van der Waals surface area (Å²) in [5.74, 6) is -0.167. The first-order valence-corrected chi connectivity index (χ1v) is 7.59. The molecule has 1 aromatic carbocycles. The molecule has 134 valence electrons. The highest BCUT2D eigenvalue weighted by molar-refractivity contribution is 5.79. The zero-order valence-corrected chi connectivity index (χ0v) is 13.3. The van der Waals surface area contributed by atoms with Gasteiger partial charge < -0.3 is 15.8 Å². The molecule has 0 aliphatic rings. The summed E-state index contributed by atoms with van der Waals surface area (Å²) in [6.07, 6.45) is -3.57. The number of hydrogen-bond donors (Lipinski definition) is 2. The van der Waals surface area contributed by atoms with Gasteiger partial charge in [0.15, 0.2) is 6.04 Å². The van der Waals surface area contributed by atoms with Gasteiger partial charge >= 0.3 is 6.18 Å². The third-order valence-corrected chi connectivity index (χ3v) is 3.29. The number of benzene rings is 1. The SMILES string of the molecule is NCCOc1ccc(CC(=O)N[C@@H](c2ccccn2)C(F)(F)F)cc1. The first-order chi connectivity index (χ1) is 11.9. The topological polar surface area (TPSA) is 77.2 Å². The number of pyridine rings is 1. The summed E-state index contributed by atoms with van der Waals surface area (Å²) in [6.45, 7) is 0.730. The molecule has 0 unspecified atom stereocenters. The Morgan fingerprint density at radius 1 is 1.20 bits per heavy atom. The lowest BCUT2D eigenvalue weighted by molar-refractivity contribution is -0.164. The molecule has 0 bridgehead atoms. The van der Waals surface area contributed by atoms with Crippen molar-refractivity contribution in [2.45, 2.75) is 18.6 Å². The molecular weight excluding hydrogens is 335 g/mol. The minimum Gasteiger partial charge on any atom is -0.492 e. The van der Waals surface area contributed by atoms with E-state index in [4.69, 9.17) is 10.5 Å². The summed E-state index contributed by atoms with van der Waals surface area (Å²) >= 11 is 0. The first kappa shape index (κ1) is 18.7. The largest absolute Gasteiger partial charge is 0.492 e. The van der Waals surface area contributed by atoms with Crippen LogP contribution >= 0.6 is 0 Å². The molecule has 8 heteroatoms. The molecule has 1 amide bonds. The maximum absolute atomic E-state index is 13.2. The van der Waals surface area contributed by atoms with Gasteiger partial charge in [-0.1, -0.05) is 18.2 Å². The van der Waals surface area contributed by atoms with Crippen molar-refractivity contribution in [1.29, 1.82) is 0 Å². The van der Waals surface area contributed by atoms with Crippen LogP contribution < -0.4 is 15.8 Å². The standard InChI is InChI=1S/C17H18F3N3O2/c18-17(19,20)16(14-3-1-2-9-22-14)23-15(24)11-12-4-6-13(7-5-12)25-10-8-21/h1-7,9,16H,8,10-11,21H2,(H,23,24)/t16-/m0/s1. The molecule has 0 aliphatic carbocycles. The van der Waals surface area contributed by atoms with Crippen LogP contribution in [0.3, 0.4) is 0 Å². The van der Waals surface area contributed by atoms with E-state index in [1.54, 1.807) is 24.3 Å². The molecule has 5 nitrogen and oxygen atoms in total. The molecule has 0 radical (unpaired) electrons. The van der Waals surface area contributed by atoms with E-state index in [-0.39, 0.29) is 12.1 Å². The van der Waals surface area contributed by atoms with E-state index >= 15 is 0 Å². The molecule has 0 fully saturated rings. The Balaban J connectivity index is 2.02. The molecule has 1 heterocycles. The van der Waals surface area contributed by atoms with Gasteiger partial charge in [-0.05, 0) is 29.8 Å². The van der Waals surface area contributed by atoms with E-state index in [1.165, 1.54) is 24.4 Å². The number of aromatic nitrogens is 1. The highest BCUT2D eigenvalue weighted by Crippen LogP contribution is 2.31. The van der Waals surface area contributed by atoms with Crippen LogP contribution in [-0.2, 0) is 11.2 Å². The van der Waals surface area contributed by atoms with Crippen molar-refractivity contribution in [2.75, 3.05) is 13.2 Å². The Labute approximate surface area is 143 Å². The molecule has 0 spiro atoms. The predicted molar refractivity (Wildman–Crippen MR) is 85.9 cm³/mol. The molecule has 0 saturated carbocycles. The van der Waals surface area contributed by atoms with Gasteiger partial charge in [0.25, 0.3) is 0 Å². The third kappa shape index (κ3) is 5.75. The van der Waals surface area contributed by atoms with Crippen LogP contribution in [0.15, 0.2) is 48.7 Å². The number of nitrogens with zero attached hydrogens (tertiary/aromatic N) is 1. The van der Waals surface area contributed by atoms with Crippen LogP contribution in [-0.4, -0.2) is 30.2 Å². The molecule has 2 aromatic rings. The van der Waals surface area contributed by atoms with Crippen LogP contribution in [0.2, 0.25) is 0 Å². The zero-order chi connectivity index (χ0) is 18.3. The fourth-order valence-electron chi connectivity index (χ4n) is 2.15. The number of nitrogens with one attached hydrogen (secondary N) is 1. The van der Waals surface area contributed by atoms with Crippen molar-refractivity contribution < 1.29 is 22.7 Å². The molecule has 1 aromatic heterocycles. The van der Waals surface area contributed by atoms with Gasteiger partial charge in [-0.3, -0.25) is 9.78 Å². The molecule has 25 heavy (non-hydrogen) atoms. The fourth-order valence-corrected chi connectivity index (χ4v) is 2.15. The number of rotatable bonds is 7. The number of halogens is 3. The number of carbonyl (C=O) groups is 1. The van der Waals surface area contributed by atoms with E-state index in [0.29, 0.717) is 24.5 Å². The van der Waals surface area contributed by atoms with Crippen LogP contribution in [0.25, 0.3) is 0 Å². The second-order valence-corrected chi connectivity index (χ2v) is 5.25. The summed E-state index contributed by atoms with van der Waals surface area (Å²) in [5, 5.41) is 2.00. The summed E-state index contributed by atoms with van der Waals surface area (Å²) in [5.41, 5.74) is 5.64. The second-order valence-electron chi connectivity index (χ2n) is 5.25. The Morgan fingerprint density at radius 3 is 2.48 bits per heavy atom. The molecular formula is C17H18F3N3O2. The molecule has 2 rings (SSSR count). The van der Waals surface area contributed by atoms with Crippen LogP contribution in [0.1, 0.15) is 17.3 Å².